The first-order valence-electron chi connectivity index (χ1n) is 8.85. The van der Waals surface area contributed by atoms with Gasteiger partial charge in [-0.3, -0.25) is 9.36 Å². The molecule has 0 aliphatic rings. The molecule has 2 aromatic heterocycles. The molecule has 2 N–H and O–H groups in total. The van der Waals surface area contributed by atoms with Crippen LogP contribution in [0, 0.1) is 6.92 Å². The summed E-state index contributed by atoms with van der Waals surface area (Å²) in [6, 6.07) is 16.6. The molecule has 0 saturated heterocycles. The van der Waals surface area contributed by atoms with Gasteiger partial charge >= 0.3 is 0 Å². The van der Waals surface area contributed by atoms with Crippen molar-refractivity contribution in [3.05, 3.63) is 89.2 Å². The molecule has 4 rings (SSSR count). The standard InChI is InChI=1S/C21H17BrN6O/c1-14-24-19(12-20(25-14)28-11-10-23-13-28)26-15-6-8-16(9-7-15)27-21(29)17-4-2-3-5-18(17)22/h2-13H,1H3,(H,27,29)(H,24,25,26). The molecule has 0 spiro atoms. The Bertz CT molecular complexity index is 1140. The number of anilines is 3. The Morgan fingerprint density at radius 3 is 2.52 bits per heavy atom. The molecule has 0 atom stereocenters. The van der Waals surface area contributed by atoms with Crippen molar-refractivity contribution in [2.24, 2.45) is 0 Å². The number of amides is 1. The van der Waals surface area contributed by atoms with Crippen molar-refractivity contribution in [2.75, 3.05) is 10.6 Å². The summed E-state index contributed by atoms with van der Waals surface area (Å²) in [5.74, 6) is 1.88. The summed E-state index contributed by atoms with van der Waals surface area (Å²) < 4.78 is 2.57. The number of aromatic nitrogens is 4. The monoisotopic (exact) mass is 448 g/mol. The van der Waals surface area contributed by atoms with E-state index in [4.69, 9.17) is 0 Å². The van der Waals surface area contributed by atoms with Gasteiger partial charge in [0.2, 0.25) is 0 Å². The van der Waals surface area contributed by atoms with E-state index in [-0.39, 0.29) is 5.91 Å². The number of nitrogens with zero attached hydrogens (tertiary/aromatic N) is 4. The van der Waals surface area contributed by atoms with Crippen LogP contribution in [0.1, 0.15) is 16.2 Å². The van der Waals surface area contributed by atoms with Crippen molar-refractivity contribution in [1.82, 2.24) is 19.5 Å². The van der Waals surface area contributed by atoms with Gasteiger partial charge < -0.3 is 10.6 Å². The second-order valence-corrected chi connectivity index (χ2v) is 7.12. The van der Waals surface area contributed by atoms with E-state index in [1.165, 1.54) is 0 Å². The fourth-order valence-electron chi connectivity index (χ4n) is 2.77. The Balaban J connectivity index is 1.48. The molecule has 0 aliphatic carbocycles. The zero-order valence-corrected chi connectivity index (χ0v) is 17.1. The van der Waals surface area contributed by atoms with Crippen LogP contribution in [0.5, 0.6) is 0 Å². The Morgan fingerprint density at radius 1 is 1.03 bits per heavy atom. The Morgan fingerprint density at radius 2 is 1.79 bits per heavy atom. The summed E-state index contributed by atoms with van der Waals surface area (Å²) in [5.41, 5.74) is 2.13. The van der Waals surface area contributed by atoms with E-state index in [9.17, 15) is 4.79 Å². The van der Waals surface area contributed by atoms with Crippen molar-refractivity contribution >= 4 is 39.0 Å². The number of imidazole rings is 1. The third-order valence-electron chi connectivity index (χ3n) is 4.13. The van der Waals surface area contributed by atoms with Gasteiger partial charge in [-0.15, -0.1) is 0 Å². The minimum Gasteiger partial charge on any atom is -0.340 e. The predicted molar refractivity (Wildman–Crippen MR) is 116 cm³/mol. The first-order chi connectivity index (χ1) is 14.1. The largest absolute Gasteiger partial charge is 0.340 e. The molecule has 1 amide bonds. The van der Waals surface area contributed by atoms with Gasteiger partial charge in [-0.25, -0.2) is 15.0 Å². The Labute approximate surface area is 176 Å². The number of hydrogen-bond donors (Lipinski definition) is 2. The van der Waals surface area contributed by atoms with Crippen LogP contribution in [0.25, 0.3) is 5.82 Å². The van der Waals surface area contributed by atoms with Crippen molar-refractivity contribution < 1.29 is 4.79 Å². The molecule has 0 unspecified atom stereocenters. The molecule has 2 heterocycles. The summed E-state index contributed by atoms with van der Waals surface area (Å²) >= 11 is 3.40. The van der Waals surface area contributed by atoms with Gasteiger partial charge in [0.25, 0.3) is 5.91 Å². The highest BCUT2D eigenvalue weighted by molar-refractivity contribution is 9.10. The lowest BCUT2D eigenvalue weighted by Gasteiger charge is -2.10. The van der Waals surface area contributed by atoms with Crippen LogP contribution in [0.3, 0.4) is 0 Å². The first kappa shape index (κ1) is 18.8. The quantitative estimate of drug-likeness (QED) is 0.460. The number of aryl methyl sites for hydroxylation is 1. The second kappa shape index (κ2) is 8.24. The Hall–Kier alpha value is -3.52. The number of carbonyl (C=O) groups excluding carboxylic acids is 1. The lowest BCUT2D eigenvalue weighted by atomic mass is 10.2. The van der Waals surface area contributed by atoms with Crippen LogP contribution in [0.4, 0.5) is 17.2 Å². The topological polar surface area (TPSA) is 84.7 Å². The highest BCUT2D eigenvalue weighted by Gasteiger charge is 2.09. The smallest absolute Gasteiger partial charge is 0.256 e. The highest BCUT2D eigenvalue weighted by Crippen LogP contribution is 2.21. The average molecular weight is 449 g/mol. The fourth-order valence-corrected chi connectivity index (χ4v) is 3.24. The van der Waals surface area contributed by atoms with E-state index in [2.05, 4.69) is 41.5 Å². The van der Waals surface area contributed by atoms with Crippen molar-refractivity contribution in [3.63, 3.8) is 0 Å². The minimum atomic E-state index is -0.172. The lowest BCUT2D eigenvalue weighted by Crippen LogP contribution is -2.12. The van der Waals surface area contributed by atoms with E-state index in [0.717, 1.165) is 16.0 Å². The molecule has 0 fully saturated rings. The number of nitrogens with one attached hydrogen (secondary N) is 2. The molecule has 4 aromatic rings. The summed E-state index contributed by atoms with van der Waals surface area (Å²) in [7, 11) is 0. The van der Waals surface area contributed by atoms with Gasteiger partial charge in [-0.1, -0.05) is 12.1 Å². The third kappa shape index (κ3) is 4.49. The van der Waals surface area contributed by atoms with Crippen LogP contribution in [-0.4, -0.2) is 25.4 Å². The SMILES string of the molecule is Cc1nc(Nc2ccc(NC(=O)c3ccccc3Br)cc2)cc(-n2ccnc2)n1. The fraction of sp³-hybridized carbons (Fsp3) is 0.0476. The summed E-state index contributed by atoms with van der Waals surface area (Å²) in [6.07, 6.45) is 5.22. The highest BCUT2D eigenvalue weighted by atomic mass is 79.9. The summed E-state index contributed by atoms with van der Waals surface area (Å²) in [4.78, 5) is 25.3. The maximum atomic E-state index is 12.4. The molecule has 29 heavy (non-hydrogen) atoms. The maximum absolute atomic E-state index is 12.4. The van der Waals surface area contributed by atoms with Crippen LogP contribution in [-0.2, 0) is 0 Å². The maximum Gasteiger partial charge on any atom is 0.256 e. The van der Waals surface area contributed by atoms with Gasteiger partial charge in [0.1, 0.15) is 23.8 Å². The molecule has 0 aliphatic heterocycles. The van der Waals surface area contributed by atoms with Gasteiger partial charge in [0.15, 0.2) is 0 Å². The van der Waals surface area contributed by atoms with Gasteiger partial charge in [-0.05, 0) is 59.3 Å². The Kier molecular flexibility index (Phi) is 5.35. The first-order valence-corrected chi connectivity index (χ1v) is 9.65. The van der Waals surface area contributed by atoms with Crippen LogP contribution in [0.2, 0.25) is 0 Å². The van der Waals surface area contributed by atoms with Gasteiger partial charge in [0.05, 0.1) is 5.56 Å². The van der Waals surface area contributed by atoms with Crippen LogP contribution >= 0.6 is 15.9 Å². The number of benzene rings is 2. The molecule has 144 valence electrons. The van der Waals surface area contributed by atoms with E-state index < -0.39 is 0 Å². The number of hydrogen-bond acceptors (Lipinski definition) is 5. The van der Waals surface area contributed by atoms with Crippen molar-refractivity contribution in [1.29, 1.82) is 0 Å². The number of halogens is 1. The molecule has 8 heteroatoms. The van der Waals surface area contributed by atoms with Crippen LogP contribution < -0.4 is 10.6 Å². The van der Waals surface area contributed by atoms with E-state index in [1.54, 1.807) is 18.6 Å². The molecule has 7 nitrogen and oxygen atoms in total. The van der Waals surface area contributed by atoms with Crippen molar-refractivity contribution in [3.8, 4) is 5.82 Å². The predicted octanol–water partition coefficient (Wildman–Crippen LogP) is 4.73. The zero-order chi connectivity index (χ0) is 20.2. The lowest BCUT2D eigenvalue weighted by molar-refractivity contribution is 0.102. The van der Waals surface area contributed by atoms with Crippen molar-refractivity contribution in [2.45, 2.75) is 6.92 Å². The normalized spacial score (nSPS) is 10.6. The average Bonchev–Trinajstić information content (AvgIpc) is 3.24. The zero-order valence-electron chi connectivity index (χ0n) is 15.5. The minimum absolute atomic E-state index is 0.172. The van der Waals surface area contributed by atoms with Gasteiger partial charge in [-0.2, -0.15) is 0 Å². The summed E-state index contributed by atoms with van der Waals surface area (Å²) in [6.45, 7) is 1.84. The molecular weight excluding hydrogens is 432 g/mol. The number of carbonyl (C=O) groups is 1. The van der Waals surface area contributed by atoms with Crippen LogP contribution in [0.15, 0.2) is 77.8 Å². The molecule has 0 radical (unpaired) electrons. The van der Waals surface area contributed by atoms with E-state index in [1.807, 2.05) is 66.2 Å². The molecule has 2 aromatic carbocycles. The van der Waals surface area contributed by atoms with E-state index in [0.29, 0.717) is 22.9 Å². The van der Waals surface area contributed by atoms with E-state index >= 15 is 0 Å². The summed E-state index contributed by atoms with van der Waals surface area (Å²) in [5, 5.41) is 6.16. The van der Waals surface area contributed by atoms with Gasteiger partial charge in [0, 0.05) is 34.3 Å². The molecule has 0 bridgehead atoms. The molecular formula is C21H17BrN6O. The second-order valence-electron chi connectivity index (χ2n) is 6.26. The molecule has 0 saturated carbocycles. The third-order valence-corrected chi connectivity index (χ3v) is 4.82. The number of rotatable bonds is 5.